The van der Waals surface area contributed by atoms with E-state index in [9.17, 15) is 17.2 Å². The molecule has 2 aliphatic rings. The summed E-state index contributed by atoms with van der Waals surface area (Å²) in [6.45, 7) is 0. The number of hydrogen-bond acceptors (Lipinski definition) is 4. The summed E-state index contributed by atoms with van der Waals surface area (Å²) in [7, 11) is -3.26. The normalized spacial score (nSPS) is 17.7. The van der Waals surface area contributed by atoms with Crippen molar-refractivity contribution in [2.24, 2.45) is 0 Å². The molecule has 0 radical (unpaired) electrons. The lowest BCUT2D eigenvalue weighted by Gasteiger charge is -2.10. The molecule has 0 saturated heterocycles. The molecule has 0 spiro atoms. The zero-order valence-corrected chi connectivity index (χ0v) is 14.5. The summed E-state index contributed by atoms with van der Waals surface area (Å²) in [6, 6.07) is 3.37. The molecule has 25 heavy (non-hydrogen) atoms. The van der Waals surface area contributed by atoms with Gasteiger partial charge in [0.05, 0.1) is 5.69 Å². The first kappa shape index (κ1) is 16.5. The number of halogens is 2. The maximum Gasteiger partial charge on any atom is 0.172 e. The Morgan fingerprint density at radius 2 is 1.84 bits per heavy atom. The second kappa shape index (κ2) is 5.79. The van der Waals surface area contributed by atoms with Crippen LogP contribution in [0.5, 0.6) is 11.5 Å². The van der Waals surface area contributed by atoms with E-state index in [2.05, 4.69) is 5.10 Å². The van der Waals surface area contributed by atoms with Crippen molar-refractivity contribution in [2.75, 3.05) is 6.26 Å². The predicted octanol–water partition coefficient (Wildman–Crippen LogP) is 3.71. The number of ether oxygens (including phenoxy) is 1. The molecule has 1 aromatic carbocycles. The van der Waals surface area contributed by atoms with Crippen LogP contribution in [0.25, 0.3) is 0 Å². The zero-order valence-electron chi connectivity index (χ0n) is 13.7. The van der Waals surface area contributed by atoms with E-state index >= 15 is 0 Å². The van der Waals surface area contributed by atoms with Gasteiger partial charge >= 0.3 is 0 Å². The van der Waals surface area contributed by atoms with Crippen LogP contribution in [0, 0.1) is 11.6 Å². The minimum Gasteiger partial charge on any atom is -0.453 e. The maximum absolute atomic E-state index is 13.5. The van der Waals surface area contributed by atoms with E-state index in [1.54, 1.807) is 0 Å². The molecule has 5 nitrogen and oxygen atoms in total. The fourth-order valence-electron chi connectivity index (χ4n) is 2.94. The lowest BCUT2D eigenvalue weighted by atomic mass is 10.2. The molecule has 0 bridgehead atoms. The third-order valence-electron chi connectivity index (χ3n) is 4.37. The van der Waals surface area contributed by atoms with Gasteiger partial charge in [-0.3, -0.25) is 0 Å². The van der Waals surface area contributed by atoms with Gasteiger partial charge in [-0.1, -0.05) is 0 Å². The van der Waals surface area contributed by atoms with Crippen molar-refractivity contribution >= 4 is 9.84 Å². The Labute approximate surface area is 144 Å². The summed E-state index contributed by atoms with van der Waals surface area (Å²) in [5, 5.41) is 4.50. The van der Waals surface area contributed by atoms with Crippen molar-refractivity contribution < 1.29 is 21.9 Å². The molecule has 2 saturated carbocycles. The molecule has 0 amide bonds. The quantitative estimate of drug-likeness (QED) is 0.780. The van der Waals surface area contributed by atoms with Gasteiger partial charge in [0, 0.05) is 24.2 Å². The number of sulfone groups is 1. The average molecular weight is 368 g/mol. The number of benzene rings is 1. The Balaban J connectivity index is 1.77. The Bertz CT molecular complexity index is 932. The van der Waals surface area contributed by atoms with Crippen molar-refractivity contribution in [3.05, 3.63) is 41.2 Å². The monoisotopic (exact) mass is 368 g/mol. The maximum atomic E-state index is 13.5. The summed E-state index contributed by atoms with van der Waals surface area (Å²) in [6.07, 6.45) is 4.97. The topological polar surface area (TPSA) is 61.2 Å². The van der Waals surface area contributed by atoms with Crippen molar-refractivity contribution in [1.29, 1.82) is 0 Å². The Kier molecular flexibility index (Phi) is 3.82. The van der Waals surface area contributed by atoms with E-state index in [0.717, 1.165) is 55.5 Å². The third-order valence-corrected chi connectivity index (χ3v) is 5.08. The molecule has 8 heteroatoms. The SMILES string of the molecule is CS(=O)(=O)Cn1nc(C2CC2)c(Oc2ccc(F)c(F)c2)c1C1CC1. The lowest BCUT2D eigenvalue weighted by Crippen LogP contribution is -2.13. The smallest absolute Gasteiger partial charge is 0.172 e. The molecule has 4 rings (SSSR count). The van der Waals surface area contributed by atoms with E-state index in [4.69, 9.17) is 4.74 Å². The van der Waals surface area contributed by atoms with Gasteiger partial charge in [0.15, 0.2) is 27.2 Å². The fourth-order valence-corrected chi connectivity index (χ4v) is 3.58. The molecule has 1 heterocycles. The summed E-state index contributed by atoms with van der Waals surface area (Å²) >= 11 is 0. The van der Waals surface area contributed by atoms with Gasteiger partial charge in [0.25, 0.3) is 0 Å². The predicted molar refractivity (Wildman–Crippen MR) is 87.5 cm³/mol. The van der Waals surface area contributed by atoms with E-state index in [1.165, 1.54) is 10.7 Å². The summed E-state index contributed by atoms with van der Waals surface area (Å²) in [5.74, 6) is -1.01. The van der Waals surface area contributed by atoms with Crippen LogP contribution in [-0.4, -0.2) is 24.5 Å². The molecule has 2 aromatic rings. The number of nitrogens with zero attached hydrogens (tertiary/aromatic N) is 2. The summed E-state index contributed by atoms with van der Waals surface area (Å²) < 4.78 is 57.5. The van der Waals surface area contributed by atoms with Crippen molar-refractivity contribution in [3.8, 4) is 11.5 Å². The van der Waals surface area contributed by atoms with Crippen LogP contribution in [0.2, 0.25) is 0 Å². The molecular weight excluding hydrogens is 350 g/mol. The highest BCUT2D eigenvalue weighted by atomic mass is 32.2. The molecule has 2 aliphatic carbocycles. The molecule has 2 fully saturated rings. The van der Waals surface area contributed by atoms with Gasteiger partial charge in [0.2, 0.25) is 0 Å². The van der Waals surface area contributed by atoms with Gasteiger partial charge in [-0.25, -0.2) is 21.9 Å². The van der Waals surface area contributed by atoms with Crippen molar-refractivity contribution in [3.63, 3.8) is 0 Å². The minimum absolute atomic E-state index is 0.182. The third kappa shape index (κ3) is 3.53. The molecule has 1 aromatic heterocycles. The first-order valence-corrected chi connectivity index (χ1v) is 10.3. The van der Waals surface area contributed by atoms with Crippen LogP contribution >= 0.6 is 0 Å². The highest BCUT2D eigenvalue weighted by Crippen LogP contribution is 2.52. The number of rotatable bonds is 6. The van der Waals surface area contributed by atoms with Crippen LogP contribution < -0.4 is 4.74 Å². The van der Waals surface area contributed by atoms with Crippen molar-refractivity contribution in [2.45, 2.75) is 43.4 Å². The van der Waals surface area contributed by atoms with Gasteiger partial charge in [0.1, 0.15) is 17.3 Å². The van der Waals surface area contributed by atoms with Crippen molar-refractivity contribution in [1.82, 2.24) is 9.78 Å². The molecule has 134 valence electrons. The zero-order chi connectivity index (χ0) is 17.8. The van der Waals surface area contributed by atoms with Gasteiger partial charge in [-0.05, 0) is 37.8 Å². The highest BCUT2D eigenvalue weighted by molar-refractivity contribution is 7.89. The Morgan fingerprint density at radius 3 is 2.40 bits per heavy atom. The first-order valence-electron chi connectivity index (χ1n) is 8.23. The first-order chi connectivity index (χ1) is 11.8. The molecular formula is C17H18F2N2O3S. The fraction of sp³-hybridized carbons (Fsp3) is 0.471. The van der Waals surface area contributed by atoms with E-state index < -0.39 is 21.5 Å². The van der Waals surface area contributed by atoms with Crippen LogP contribution in [0.1, 0.15) is 48.9 Å². The van der Waals surface area contributed by atoms with E-state index in [1.807, 2.05) is 0 Å². The van der Waals surface area contributed by atoms with Crippen LogP contribution in [-0.2, 0) is 15.7 Å². The van der Waals surface area contributed by atoms with Gasteiger partial charge < -0.3 is 4.74 Å². The second-order valence-corrected chi connectivity index (χ2v) is 8.99. The molecule has 0 aliphatic heterocycles. The lowest BCUT2D eigenvalue weighted by molar-refractivity contribution is 0.452. The van der Waals surface area contributed by atoms with E-state index in [0.29, 0.717) is 5.75 Å². The highest BCUT2D eigenvalue weighted by Gasteiger charge is 2.39. The molecule has 0 atom stereocenters. The Morgan fingerprint density at radius 1 is 1.16 bits per heavy atom. The van der Waals surface area contributed by atoms with Crippen LogP contribution in [0.15, 0.2) is 18.2 Å². The standard InChI is InChI=1S/C17H18F2N2O3S/c1-25(22,23)9-21-16(11-4-5-11)17(15(20-21)10-2-3-10)24-12-6-7-13(18)14(19)8-12/h6-8,10-11H,2-5,9H2,1H3. The number of hydrogen-bond donors (Lipinski definition) is 0. The van der Waals surface area contributed by atoms with E-state index in [-0.39, 0.29) is 23.5 Å². The minimum atomic E-state index is -3.26. The Hall–Kier alpha value is -1.96. The summed E-state index contributed by atoms with van der Waals surface area (Å²) in [5.41, 5.74) is 1.47. The molecule has 0 unspecified atom stereocenters. The second-order valence-electron chi connectivity index (χ2n) is 6.88. The van der Waals surface area contributed by atoms with Gasteiger partial charge in [-0.2, -0.15) is 5.10 Å². The summed E-state index contributed by atoms with van der Waals surface area (Å²) in [4.78, 5) is 0. The van der Waals surface area contributed by atoms with Gasteiger partial charge in [-0.15, -0.1) is 0 Å². The number of aromatic nitrogens is 2. The van der Waals surface area contributed by atoms with Crippen LogP contribution in [0.4, 0.5) is 8.78 Å². The average Bonchev–Trinajstić information content (AvgIpc) is 3.41. The van der Waals surface area contributed by atoms with Crippen LogP contribution in [0.3, 0.4) is 0 Å². The molecule has 0 N–H and O–H groups in total. The largest absolute Gasteiger partial charge is 0.453 e.